The van der Waals surface area contributed by atoms with Gasteiger partial charge in [0.2, 0.25) is 0 Å². The molecule has 0 N–H and O–H groups in total. The summed E-state index contributed by atoms with van der Waals surface area (Å²) in [7, 11) is 0. The molecule has 0 atom stereocenters. The third-order valence-corrected chi connectivity index (χ3v) is 3.81. The van der Waals surface area contributed by atoms with Gasteiger partial charge >= 0.3 is 0 Å². The molecule has 0 bridgehead atoms. The number of alkyl halides is 1. The highest BCUT2D eigenvalue weighted by Crippen LogP contribution is 2.29. The summed E-state index contributed by atoms with van der Waals surface area (Å²) >= 11 is 6.30. The molecule has 0 aliphatic heterocycles. The molecule has 1 fully saturated rings. The summed E-state index contributed by atoms with van der Waals surface area (Å²) in [5.41, 5.74) is 0. The van der Waals surface area contributed by atoms with Crippen LogP contribution in [0.2, 0.25) is 0 Å². The Morgan fingerprint density at radius 1 is 0.733 bits per heavy atom. The van der Waals surface area contributed by atoms with Crippen molar-refractivity contribution >= 4 is 11.6 Å². The zero-order valence-corrected chi connectivity index (χ0v) is 10.4. The Balaban J connectivity index is 2.36. The van der Waals surface area contributed by atoms with Gasteiger partial charge in [-0.15, -0.1) is 11.6 Å². The Hall–Kier alpha value is -0.220. The summed E-state index contributed by atoms with van der Waals surface area (Å²) in [6.07, 6.45) is 13.3. The second-order valence-electron chi connectivity index (χ2n) is 4.76. The predicted molar refractivity (Wildman–Crippen MR) is 65.0 cm³/mol. The number of hydrogen-bond donors (Lipinski definition) is 0. The number of hydrogen-bond acceptors (Lipinski definition) is 1. The topological polar surface area (TPSA) is 23.8 Å². The third-order valence-electron chi connectivity index (χ3n) is 3.35. The van der Waals surface area contributed by atoms with Crippen molar-refractivity contribution in [1.82, 2.24) is 0 Å². The third kappa shape index (κ3) is 5.42. The monoisotopic (exact) mass is 227 g/mol. The van der Waals surface area contributed by atoms with Crippen LogP contribution < -0.4 is 0 Å². The van der Waals surface area contributed by atoms with E-state index < -0.39 is 4.87 Å². The quantitative estimate of drug-likeness (QED) is 0.546. The Morgan fingerprint density at radius 2 is 1.07 bits per heavy atom. The largest absolute Gasteiger partial charge is 0.196 e. The van der Waals surface area contributed by atoms with Gasteiger partial charge in [0, 0.05) is 0 Å². The van der Waals surface area contributed by atoms with Gasteiger partial charge in [-0.1, -0.05) is 57.8 Å². The van der Waals surface area contributed by atoms with Crippen LogP contribution >= 0.6 is 11.6 Å². The van der Waals surface area contributed by atoms with E-state index in [0.717, 1.165) is 25.7 Å². The van der Waals surface area contributed by atoms with Crippen molar-refractivity contribution in [3.63, 3.8) is 0 Å². The SMILES string of the molecule is N#CC1(Cl)CCCCCCCCCCC1. The first-order valence-electron chi connectivity index (χ1n) is 6.37. The molecule has 1 rings (SSSR count). The van der Waals surface area contributed by atoms with Gasteiger partial charge in [-0.3, -0.25) is 0 Å². The highest BCUT2D eigenvalue weighted by molar-refractivity contribution is 6.25. The minimum absolute atomic E-state index is 0.556. The minimum Gasteiger partial charge on any atom is -0.196 e. The molecule has 2 heteroatoms. The van der Waals surface area contributed by atoms with Crippen molar-refractivity contribution in [1.29, 1.82) is 5.26 Å². The van der Waals surface area contributed by atoms with Crippen LogP contribution in [0.25, 0.3) is 0 Å². The average molecular weight is 228 g/mol. The lowest BCUT2D eigenvalue weighted by atomic mass is 9.93. The highest BCUT2D eigenvalue weighted by atomic mass is 35.5. The lowest BCUT2D eigenvalue weighted by Gasteiger charge is -2.19. The summed E-state index contributed by atoms with van der Waals surface area (Å²) in [5.74, 6) is 0. The molecule has 0 aromatic heterocycles. The molecule has 1 nitrogen and oxygen atoms in total. The van der Waals surface area contributed by atoms with Gasteiger partial charge in [-0.2, -0.15) is 5.26 Å². The van der Waals surface area contributed by atoms with Crippen molar-refractivity contribution in [3.05, 3.63) is 0 Å². The standard InChI is InChI=1S/C13H22ClN/c14-13(12-15)10-8-6-4-2-1-3-5-7-9-11-13/h1-11H2. The zero-order chi connectivity index (χ0) is 11.0. The Morgan fingerprint density at radius 3 is 1.40 bits per heavy atom. The van der Waals surface area contributed by atoms with Gasteiger partial charge in [-0.25, -0.2) is 0 Å². The molecule has 1 aliphatic rings. The van der Waals surface area contributed by atoms with E-state index >= 15 is 0 Å². The molecule has 0 radical (unpaired) electrons. The number of halogens is 1. The zero-order valence-electron chi connectivity index (χ0n) is 9.60. The smallest absolute Gasteiger partial charge is 0.131 e. The first-order valence-corrected chi connectivity index (χ1v) is 6.75. The van der Waals surface area contributed by atoms with Crippen LogP contribution in [-0.4, -0.2) is 4.87 Å². The lowest BCUT2D eigenvalue weighted by Crippen LogP contribution is -2.18. The second kappa shape index (κ2) is 7.12. The molecule has 0 aromatic rings. The molecule has 0 amide bonds. The van der Waals surface area contributed by atoms with Gasteiger partial charge < -0.3 is 0 Å². The summed E-state index contributed by atoms with van der Waals surface area (Å²) in [6.45, 7) is 0. The molecule has 0 heterocycles. The molecule has 1 saturated carbocycles. The fraction of sp³-hybridized carbons (Fsp3) is 0.923. The maximum absolute atomic E-state index is 9.07. The van der Waals surface area contributed by atoms with Gasteiger partial charge in [-0.05, 0) is 12.8 Å². The van der Waals surface area contributed by atoms with E-state index in [1.165, 1.54) is 44.9 Å². The van der Waals surface area contributed by atoms with E-state index in [1.54, 1.807) is 0 Å². The predicted octanol–water partition coefficient (Wildman–Crippen LogP) is 4.79. The molecule has 0 spiro atoms. The van der Waals surface area contributed by atoms with Crippen molar-refractivity contribution in [3.8, 4) is 6.07 Å². The van der Waals surface area contributed by atoms with Crippen molar-refractivity contribution < 1.29 is 0 Å². The van der Waals surface area contributed by atoms with Crippen LogP contribution in [0.15, 0.2) is 0 Å². The number of nitriles is 1. The van der Waals surface area contributed by atoms with E-state index in [0.29, 0.717) is 0 Å². The summed E-state index contributed by atoms with van der Waals surface area (Å²) in [4.78, 5) is -0.556. The first-order chi connectivity index (χ1) is 7.27. The number of rotatable bonds is 0. The molecular formula is C13H22ClN. The Labute approximate surface area is 98.8 Å². The molecule has 0 saturated heterocycles. The van der Waals surface area contributed by atoms with Gasteiger partial charge in [0.25, 0.3) is 0 Å². The summed E-state index contributed by atoms with van der Waals surface area (Å²) in [6, 6.07) is 2.30. The van der Waals surface area contributed by atoms with Crippen LogP contribution in [0.5, 0.6) is 0 Å². The lowest BCUT2D eigenvalue weighted by molar-refractivity contribution is 0.473. The maximum atomic E-state index is 9.07. The molecular weight excluding hydrogens is 206 g/mol. The van der Waals surface area contributed by atoms with Crippen molar-refractivity contribution in [2.24, 2.45) is 0 Å². The number of nitrogens with zero attached hydrogens (tertiary/aromatic N) is 1. The van der Waals surface area contributed by atoms with Crippen LogP contribution in [-0.2, 0) is 0 Å². The van der Waals surface area contributed by atoms with Crippen molar-refractivity contribution in [2.75, 3.05) is 0 Å². The second-order valence-corrected chi connectivity index (χ2v) is 5.48. The van der Waals surface area contributed by atoms with Crippen molar-refractivity contribution in [2.45, 2.75) is 75.5 Å². The normalized spacial score (nSPS) is 24.5. The fourth-order valence-corrected chi connectivity index (χ4v) is 2.55. The molecule has 0 unspecified atom stereocenters. The average Bonchev–Trinajstić information content (AvgIpc) is 2.23. The fourth-order valence-electron chi connectivity index (χ4n) is 2.28. The van der Waals surface area contributed by atoms with E-state index in [4.69, 9.17) is 16.9 Å². The van der Waals surface area contributed by atoms with E-state index in [2.05, 4.69) is 6.07 Å². The first kappa shape index (κ1) is 12.8. The van der Waals surface area contributed by atoms with Crippen LogP contribution in [0.4, 0.5) is 0 Å². The molecule has 15 heavy (non-hydrogen) atoms. The molecule has 0 aromatic carbocycles. The summed E-state index contributed by atoms with van der Waals surface area (Å²) < 4.78 is 0. The highest BCUT2D eigenvalue weighted by Gasteiger charge is 2.25. The van der Waals surface area contributed by atoms with Gasteiger partial charge in [0.15, 0.2) is 0 Å². The van der Waals surface area contributed by atoms with Crippen LogP contribution in [0.3, 0.4) is 0 Å². The summed E-state index contributed by atoms with van der Waals surface area (Å²) in [5, 5.41) is 9.07. The Bertz CT molecular complexity index is 195. The van der Waals surface area contributed by atoms with Crippen LogP contribution in [0.1, 0.15) is 70.6 Å². The van der Waals surface area contributed by atoms with Gasteiger partial charge in [0.05, 0.1) is 6.07 Å². The van der Waals surface area contributed by atoms with E-state index in [-0.39, 0.29) is 0 Å². The van der Waals surface area contributed by atoms with E-state index in [1.807, 2.05) is 0 Å². The van der Waals surface area contributed by atoms with Crippen LogP contribution in [0, 0.1) is 11.3 Å². The van der Waals surface area contributed by atoms with E-state index in [9.17, 15) is 0 Å². The molecule has 1 aliphatic carbocycles. The van der Waals surface area contributed by atoms with Gasteiger partial charge in [0.1, 0.15) is 4.87 Å². The molecule has 86 valence electrons. The minimum atomic E-state index is -0.556. The maximum Gasteiger partial charge on any atom is 0.131 e. The Kier molecular flexibility index (Phi) is 6.10.